The molecule has 2 atom stereocenters. The Morgan fingerprint density at radius 2 is 1.85 bits per heavy atom. The molecule has 0 aliphatic carbocycles. The lowest BCUT2D eigenvalue weighted by Gasteiger charge is -2.37. The van der Waals surface area contributed by atoms with Crippen LogP contribution in [0.2, 0.25) is 0 Å². The monoisotopic (exact) mass is 275 g/mol. The molecule has 1 heterocycles. The number of carbonyl (C=O) groups is 1. The first-order valence-corrected chi connectivity index (χ1v) is 7.35. The van der Waals surface area contributed by atoms with Gasteiger partial charge in [0.2, 0.25) is 0 Å². The molecule has 3 nitrogen and oxygen atoms in total. The Labute approximate surface area is 121 Å². The molecule has 3 heteroatoms. The first kappa shape index (κ1) is 15.0. The maximum Gasteiger partial charge on any atom is 0.323 e. The quantitative estimate of drug-likeness (QED) is 0.916. The van der Waals surface area contributed by atoms with Gasteiger partial charge in [-0.25, -0.2) is 0 Å². The van der Waals surface area contributed by atoms with Crippen LogP contribution < -0.4 is 0 Å². The first-order chi connectivity index (χ1) is 9.27. The Balaban J connectivity index is 2.42. The van der Waals surface area contributed by atoms with E-state index in [0.29, 0.717) is 0 Å². The van der Waals surface area contributed by atoms with E-state index in [2.05, 4.69) is 44.7 Å². The van der Waals surface area contributed by atoms with Crippen LogP contribution in [0.15, 0.2) is 12.1 Å². The second-order valence-electron chi connectivity index (χ2n) is 6.36. The largest absolute Gasteiger partial charge is 0.480 e. The fourth-order valence-electron chi connectivity index (χ4n) is 3.84. The number of nitrogens with zero attached hydrogens (tertiary/aromatic N) is 1. The molecule has 0 amide bonds. The first-order valence-electron chi connectivity index (χ1n) is 7.35. The van der Waals surface area contributed by atoms with Crippen molar-refractivity contribution in [3.63, 3.8) is 0 Å². The van der Waals surface area contributed by atoms with Gasteiger partial charge in [-0.2, -0.15) is 0 Å². The van der Waals surface area contributed by atoms with Gasteiger partial charge in [-0.1, -0.05) is 17.7 Å². The summed E-state index contributed by atoms with van der Waals surface area (Å²) in [6, 6.07) is 4.51. The lowest BCUT2D eigenvalue weighted by Crippen LogP contribution is -2.49. The fraction of sp³-hybridized carbons (Fsp3) is 0.588. The van der Waals surface area contributed by atoms with E-state index in [1.165, 1.54) is 22.3 Å². The molecule has 1 aliphatic heterocycles. The summed E-state index contributed by atoms with van der Waals surface area (Å²) in [4.78, 5) is 13.8. The molecule has 2 rings (SSSR count). The van der Waals surface area contributed by atoms with Crippen molar-refractivity contribution in [1.82, 2.24) is 4.90 Å². The van der Waals surface area contributed by atoms with Gasteiger partial charge in [-0.15, -0.1) is 0 Å². The lowest BCUT2D eigenvalue weighted by atomic mass is 9.91. The summed E-state index contributed by atoms with van der Waals surface area (Å²) in [7, 11) is 0. The van der Waals surface area contributed by atoms with Crippen molar-refractivity contribution >= 4 is 5.97 Å². The zero-order chi connectivity index (χ0) is 15.1. The highest BCUT2D eigenvalue weighted by molar-refractivity contribution is 5.78. The smallest absolute Gasteiger partial charge is 0.323 e. The highest BCUT2D eigenvalue weighted by Crippen LogP contribution is 2.38. The van der Waals surface area contributed by atoms with Gasteiger partial charge in [0.15, 0.2) is 0 Å². The molecule has 1 aliphatic rings. The number of aryl methyl sites for hydroxylation is 3. The van der Waals surface area contributed by atoms with Crippen molar-refractivity contribution < 1.29 is 9.90 Å². The summed E-state index contributed by atoms with van der Waals surface area (Å²) in [5.41, 5.74) is 4.33. The second kappa shape index (κ2) is 5.21. The van der Waals surface area contributed by atoms with Crippen molar-refractivity contribution in [3.8, 4) is 0 Å². The van der Waals surface area contributed by atoms with E-state index >= 15 is 0 Å². The number of benzene rings is 1. The van der Waals surface area contributed by atoms with Crippen molar-refractivity contribution in [2.45, 2.75) is 59.0 Å². The Morgan fingerprint density at radius 1 is 1.30 bits per heavy atom. The number of carboxylic acid groups (broad SMARTS) is 1. The molecule has 0 aromatic heterocycles. The lowest BCUT2D eigenvalue weighted by molar-refractivity contribution is -0.149. The number of aliphatic carboxylic acids is 1. The van der Waals surface area contributed by atoms with Crippen LogP contribution in [-0.2, 0) is 4.79 Å². The predicted octanol–water partition coefficient (Wildman–Crippen LogP) is 3.61. The Hall–Kier alpha value is -1.35. The summed E-state index contributed by atoms with van der Waals surface area (Å²) < 4.78 is 0. The summed E-state index contributed by atoms with van der Waals surface area (Å²) in [6.45, 7) is 11.2. The zero-order valence-electron chi connectivity index (χ0n) is 13.2. The summed E-state index contributed by atoms with van der Waals surface area (Å²) in [5.74, 6) is -0.704. The van der Waals surface area contributed by atoms with Crippen LogP contribution in [0.5, 0.6) is 0 Å². The number of hydrogen-bond acceptors (Lipinski definition) is 2. The van der Waals surface area contributed by atoms with Crippen LogP contribution in [-0.4, -0.2) is 28.1 Å². The third-order valence-corrected chi connectivity index (χ3v) is 4.78. The van der Waals surface area contributed by atoms with Crippen molar-refractivity contribution in [3.05, 3.63) is 34.4 Å². The van der Waals surface area contributed by atoms with Gasteiger partial charge in [0.05, 0.1) is 0 Å². The van der Waals surface area contributed by atoms with Gasteiger partial charge in [-0.05, 0) is 70.7 Å². The molecule has 0 bridgehead atoms. The van der Waals surface area contributed by atoms with Crippen LogP contribution in [0.4, 0.5) is 0 Å². The fourth-order valence-corrected chi connectivity index (χ4v) is 3.84. The van der Waals surface area contributed by atoms with Crippen LogP contribution in [0.1, 0.15) is 55.0 Å². The summed E-state index contributed by atoms with van der Waals surface area (Å²) >= 11 is 0. The second-order valence-corrected chi connectivity index (χ2v) is 6.36. The molecule has 1 saturated heterocycles. The summed E-state index contributed by atoms with van der Waals surface area (Å²) in [6.07, 6.45) is 1.69. The molecule has 1 fully saturated rings. The van der Waals surface area contributed by atoms with Gasteiger partial charge in [0.1, 0.15) is 5.54 Å². The van der Waals surface area contributed by atoms with E-state index in [0.717, 1.165) is 19.4 Å². The molecule has 1 aromatic rings. The predicted molar refractivity (Wildman–Crippen MR) is 81.0 cm³/mol. The van der Waals surface area contributed by atoms with E-state index in [1.54, 1.807) is 0 Å². The van der Waals surface area contributed by atoms with Crippen molar-refractivity contribution in [2.24, 2.45) is 0 Å². The van der Waals surface area contributed by atoms with Gasteiger partial charge >= 0.3 is 5.97 Å². The number of carboxylic acids is 1. The van der Waals surface area contributed by atoms with E-state index in [1.807, 2.05) is 6.92 Å². The maximum absolute atomic E-state index is 11.7. The van der Waals surface area contributed by atoms with Crippen molar-refractivity contribution in [2.75, 3.05) is 6.54 Å². The SMILES string of the molecule is Cc1cc(C)c(C(C)N2CCCC2(C)C(=O)O)c(C)c1. The maximum atomic E-state index is 11.7. The van der Waals surface area contributed by atoms with Crippen LogP contribution in [0.3, 0.4) is 0 Å². The minimum absolute atomic E-state index is 0.138. The highest BCUT2D eigenvalue weighted by Gasteiger charge is 2.45. The Morgan fingerprint density at radius 3 is 2.35 bits per heavy atom. The molecule has 110 valence electrons. The third-order valence-electron chi connectivity index (χ3n) is 4.78. The average molecular weight is 275 g/mol. The van der Waals surface area contributed by atoms with E-state index in [9.17, 15) is 9.90 Å². The van der Waals surface area contributed by atoms with Gasteiger partial charge < -0.3 is 5.11 Å². The molecular formula is C17H25NO2. The van der Waals surface area contributed by atoms with Crippen LogP contribution in [0, 0.1) is 20.8 Å². The highest BCUT2D eigenvalue weighted by atomic mass is 16.4. The van der Waals surface area contributed by atoms with Crippen LogP contribution >= 0.6 is 0 Å². The van der Waals surface area contributed by atoms with E-state index in [-0.39, 0.29) is 6.04 Å². The van der Waals surface area contributed by atoms with Crippen molar-refractivity contribution in [1.29, 1.82) is 0 Å². The molecule has 0 radical (unpaired) electrons. The average Bonchev–Trinajstić information content (AvgIpc) is 2.71. The van der Waals surface area contributed by atoms with Gasteiger partial charge in [0, 0.05) is 6.04 Å². The molecular weight excluding hydrogens is 250 g/mol. The van der Waals surface area contributed by atoms with Crippen LogP contribution in [0.25, 0.3) is 0 Å². The number of rotatable bonds is 3. The van der Waals surface area contributed by atoms with E-state index < -0.39 is 11.5 Å². The Kier molecular flexibility index (Phi) is 3.92. The summed E-state index contributed by atoms with van der Waals surface area (Å²) in [5, 5.41) is 9.58. The zero-order valence-corrected chi connectivity index (χ0v) is 13.2. The minimum Gasteiger partial charge on any atom is -0.480 e. The topological polar surface area (TPSA) is 40.5 Å². The van der Waals surface area contributed by atoms with Gasteiger partial charge in [0.25, 0.3) is 0 Å². The molecule has 2 unspecified atom stereocenters. The van der Waals surface area contributed by atoms with Gasteiger partial charge in [-0.3, -0.25) is 9.69 Å². The molecule has 0 spiro atoms. The standard InChI is InChI=1S/C17H25NO2/c1-11-9-12(2)15(13(3)10-11)14(4)18-8-6-7-17(18,5)16(19)20/h9-10,14H,6-8H2,1-5H3,(H,19,20). The Bertz CT molecular complexity index is 515. The minimum atomic E-state index is -0.733. The molecule has 0 saturated carbocycles. The third kappa shape index (κ3) is 2.35. The molecule has 1 N–H and O–H groups in total. The molecule has 20 heavy (non-hydrogen) atoms. The normalized spacial score (nSPS) is 24.9. The molecule has 1 aromatic carbocycles. The number of likely N-dealkylation sites (tertiary alicyclic amines) is 1. The number of hydrogen-bond donors (Lipinski definition) is 1. The van der Waals surface area contributed by atoms with E-state index in [4.69, 9.17) is 0 Å².